The molecule has 1 heterocycles. The standard InChI is InChI=1S/C14H18N2O3S2/c1-19-12-5-3-2-4-11(12)6-8-16-21(17,18)14-7-9-20-13(14)10-15/h2-5,7,9,16H,6,8,10,15H2,1H3. The monoisotopic (exact) mass is 326 g/mol. The second-order valence-electron chi connectivity index (χ2n) is 4.37. The van der Waals surface area contributed by atoms with E-state index in [9.17, 15) is 8.42 Å². The van der Waals surface area contributed by atoms with Crippen molar-refractivity contribution in [3.63, 3.8) is 0 Å². The zero-order chi connectivity index (χ0) is 15.3. The van der Waals surface area contributed by atoms with Crippen molar-refractivity contribution >= 4 is 21.4 Å². The lowest BCUT2D eigenvalue weighted by molar-refractivity contribution is 0.409. The van der Waals surface area contributed by atoms with E-state index in [2.05, 4.69) is 4.72 Å². The number of methoxy groups -OCH3 is 1. The molecule has 5 nitrogen and oxygen atoms in total. The Morgan fingerprint density at radius 2 is 2.05 bits per heavy atom. The Morgan fingerprint density at radius 3 is 2.76 bits per heavy atom. The van der Waals surface area contributed by atoms with E-state index >= 15 is 0 Å². The highest BCUT2D eigenvalue weighted by molar-refractivity contribution is 7.89. The predicted molar refractivity (Wildman–Crippen MR) is 84.1 cm³/mol. The summed E-state index contributed by atoms with van der Waals surface area (Å²) in [5, 5.41) is 1.73. The first-order chi connectivity index (χ1) is 10.1. The molecule has 0 radical (unpaired) electrons. The summed E-state index contributed by atoms with van der Waals surface area (Å²) in [6.07, 6.45) is 0.561. The number of benzene rings is 1. The number of sulfonamides is 1. The minimum atomic E-state index is -3.51. The molecule has 0 aliphatic rings. The van der Waals surface area contributed by atoms with Gasteiger partial charge in [-0.25, -0.2) is 13.1 Å². The molecule has 0 saturated carbocycles. The Hall–Kier alpha value is -1.41. The Labute approximate surface area is 128 Å². The van der Waals surface area contributed by atoms with Crippen LogP contribution in [0.4, 0.5) is 0 Å². The molecule has 0 aliphatic carbocycles. The van der Waals surface area contributed by atoms with Crippen molar-refractivity contribution in [2.45, 2.75) is 17.9 Å². The summed E-state index contributed by atoms with van der Waals surface area (Å²) < 4.78 is 32.3. The maximum atomic E-state index is 12.2. The van der Waals surface area contributed by atoms with Crippen LogP contribution in [0.15, 0.2) is 40.6 Å². The smallest absolute Gasteiger partial charge is 0.241 e. The molecular weight excluding hydrogens is 308 g/mol. The second-order valence-corrected chi connectivity index (χ2v) is 7.11. The third kappa shape index (κ3) is 3.82. The molecule has 3 N–H and O–H groups in total. The summed E-state index contributed by atoms with van der Waals surface area (Å²) in [6, 6.07) is 9.14. The van der Waals surface area contributed by atoms with Crippen LogP contribution in [0.25, 0.3) is 0 Å². The van der Waals surface area contributed by atoms with Crippen LogP contribution in [0.5, 0.6) is 5.75 Å². The van der Waals surface area contributed by atoms with Gasteiger partial charge >= 0.3 is 0 Å². The van der Waals surface area contributed by atoms with Gasteiger partial charge in [0.1, 0.15) is 5.75 Å². The van der Waals surface area contributed by atoms with Gasteiger partial charge < -0.3 is 10.5 Å². The van der Waals surface area contributed by atoms with Crippen molar-refractivity contribution in [1.82, 2.24) is 4.72 Å². The number of hydrogen-bond donors (Lipinski definition) is 2. The lowest BCUT2D eigenvalue weighted by Crippen LogP contribution is -2.26. The van der Waals surface area contributed by atoms with Gasteiger partial charge in [0, 0.05) is 18.0 Å². The number of nitrogens with two attached hydrogens (primary N) is 1. The average molecular weight is 326 g/mol. The van der Waals surface area contributed by atoms with Crippen molar-refractivity contribution in [3.8, 4) is 5.75 Å². The fraction of sp³-hybridized carbons (Fsp3) is 0.286. The van der Waals surface area contributed by atoms with Crippen molar-refractivity contribution in [2.75, 3.05) is 13.7 Å². The Morgan fingerprint density at radius 1 is 1.29 bits per heavy atom. The molecule has 21 heavy (non-hydrogen) atoms. The van der Waals surface area contributed by atoms with Crippen molar-refractivity contribution in [1.29, 1.82) is 0 Å². The highest BCUT2D eigenvalue weighted by Gasteiger charge is 2.18. The van der Waals surface area contributed by atoms with Crippen molar-refractivity contribution in [3.05, 3.63) is 46.2 Å². The van der Waals surface area contributed by atoms with Gasteiger partial charge in [0.25, 0.3) is 0 Å². The maximum absolute atomic E-state index is 12.2. The van der Waals surface area contributed by atoms with E-state index < -0.39 is 10.0 Å². The molecule has 2 aromatic rings. The molecule has 0 amide bonds. The fourth-order valence-electron chi connectivity index (χ4n) is 2.02. The first-order valence-electron chi connectivity index (χ1n) is 6.46. The van der Waals surface area contributed by atoms with Gasteiger partial charge in [0.2, 0.25) is 10.0 Å². The van der Waals surface area contributed by atoms with E-state index in [-0.39, 0.29) is 11.4 Å². The molecule has 0 saturated heterocycles. The third-order valence-electron chi connectivity index (χ3n) is 3.06. The Kier molecular flexibility index (Phi) is 5.35. The largest absolute Gasteiger partial charge is 0.496 e. The molecule has 0 bridgehead atoms. The van der Waals surface area contributed by atoms with E-state index in [1.54, 1.807) is 18.6 Å². The summed E-state index contributed by atoms with van der Waals surface area (Å²) in [7, 11) is -1.91. The van der Waals surface area contributed by atoms with Crippen LogP contribution in [0.2, 0.25) is 0 Å². The second kappa shape index (κ2) is 7.04. The molecule has 0 aliphatic heterocycles. The normalized spacial score (nSPS) is 11.5. The van der Waals surface area contributed by atoms with E-state index in [0.29, 0.717) is 17.8 Å². The number of hydrogen-bond acceptors (Lipinski definition) is 5. The molecule has 114 valence electrons. The average Bonchev–Trinajstić information content (AvgIpc) is 2.97. The maximum Gasteiger partial charge on any atom is 0.241 e. The van der Waals surface area contributed by atoms with Crippen molar-refractivity contribution < 1.29 is 13.2 Å². The van der Waals surface area contributed by atoms with Crippen molar-refractivity contribution in [2.24, 2.45) is 5.73 Å². The molecule has 1 aromatic carbocycles. The first kappa shape index (κ1) is 16.0. The minimum absolute atomic E-state index is 0.223. The van der Waals surface area contributed by atoms with E-state index in [0.717, 1.165) is 11.3 Å². The van der Waals surface area contributed by atoms with Gasteiger partial charge in [-0.1, -0.05) is 18.2 Å². The number of thiophene rings is 1. The summed E-state index contributed by atoms with van der Waals surface area (Å²) in [5.74, 6) is 0.759. The van der Waals surface area contributed by atoms with Crippen LogP contribution >= 0.6 is 11.3 Å². The molecule has 2 rings (SSSR count). The lowest BCUT2D eigenvalue weighted by atomic mass is 10.1. The van der Waals surface area contributed by atoms with E-state index in [1.807, 2.05) is 24.3 Å². The van der Waals surface area contributed by atoms with Crippen LogP contribution in [0, 0.1) is 0 Å². The van der Waals surface area contributed by atoms with E-state index in [1.165, 1.54) is 11.3 Å². The minimum Gasteiger partial charge on any atom is -0.496 e. The van der Waals surface area contributed by atoms with Crippen LogP contribution < -0.4 is 15.2 Å². The molecule has 0 fully saturated rings. The number of ether oxygens (including phenoxy) is 1. The molecular formula is C14H18N2O3S2. The van der Waals surface area contributed by atoms with Gasteiger partial charge in [-0.05, 0) is 29.5 Å². The summed E-state index contributed by atoms with van der Waals surface area (Å²) in [6.45, 7) is 0.531. The van der Waals surface area contributed by atoms with Crippen LogP contribution in [-0.4, -0.2) is 22.1 Å². The third-order valence-corrected chi connectivity index (χ3v) is 5.68. The van der Waals surface area contributed by atoms with Gasteiger partial charge in [-0.2, -0.15) is 0 Å². The lowest BCUT2D eigenvalue weighted by Gasteiger charge is -2.09. The fourth-order valence-corrected chi connectivity index (χ4v) is 4.39. The molecule has 7 heteroatoms. The van der Waals surface area contributed by atoms with E-state index in [4.69, 9.17) is 10.5 Å². The number of rotatable bonds is 7. The van der Waals surface area contributed by atoms with Crippen LogP contribution in [0.1, 0.15) is 10.4 Å². The highest BCUT2D eigenvalue weighted by atomic mass is 32.2. The zero-order valence-electron chi connectivity index (χ0n) is 11.7. The quantitative estimate of drug-likeness (QED) is 0.812. The Balaban J connectivity index is 2.03. The highest BCUT2D eigenvalue weighted by Crippen LogP contribution is 2.21. The van der Waals surface area contributed by atoms with Gasteiger partial charge in [0.05, 0.1) is 12.0 Å². The van der Waals surface area contributed by atoms with Gasteiger partial charge in [-0.3, -0.25) is 0 Å². The SMILES string of the molecule is COc1ccccc1CCNS(=O)(=O)c1ccsc1CN. The molecule has 0 atom stereocenters. The molecule has 0 unspecified atom stereocenters. The summed E-state index contributed by atoms with van der Waals surface area (Å²) in [4.78, 5) is 0.940. The Bertz CT molecular complexity index is 696. The first-order valence-corrected chi connectivity index (χ1v) is 8.82. The summed E-state index contributed by atoms with van der Waals surface area (Å²) in [5.41, 5.74) is 6.52. The molecule has 1 aromatic heterocycles. The zero-order valence-corrected chi connectivity index (χ0v) is 13.3. The topological polar surface area (TPSA) is 81.4 Å². The molecule has 0 spiro atoms. The van der Waals surface area contributed by atoms with Crippen LogP contribution in [-0.2, 0) is 23.0 Å². The number of para-hydroxylation sites is 1. The van der Waals surface area contributed by atoms with Gasteiger partial charge in [0.15, 0.2) is 0 Å². The predicted octanol–water partition coefficient (Wildman–Crippen LogP) is 1.74. The number of nitrogens with one attached hydrogen (secondary N) is 1. The van der Waals surface area contributed by atoms with Gasteiger partial charge in [-0.15, -0.1) is 11.3 Å². The van der Waals surface area contributed by atoms with Crippen LogP contribution in [0.3, 0.4) is 0 Å². The summed E-state index contributed by atoms with van der Waals surface area (Å²) >= 11 is 1.35.